The largest absolute Gasteiger partial charge is 0.0824 e. The highest BCUT2D eigenvalue weighted by Gasteiger charge is 2.26. The lowest BCUT2D eigenvalue weighted by Gasteiger charge is -2.05. The van der Waals surface area contributed by atoms with Gasteiger partial charge >= 0.3 is 0 Å². The van der Waals surface area contributed by atoms with E-state index in [0.717, 1.165) is 15.6 Å². The first-order valence-electron chi connectivity index (χ1n) is 4.14. The smallest absolute Gasteiger partial charge is 0.0629 e. The van der Waals surface area contributed by atoms with Crippen LogP contribution in [0.1, 0.15) is 29.9 Å². The van der Waals surface area contributed by atoms with Crippen LogP contribution in [0.5, 0.6) is 0 Å². The molecule has 0 N–H and O–H groups in total. The Morgan fingerprint density at radius 1 is 1.17 bits per heavy atom. The predicted octanol–water partition coefficient (Wildman–Crippen LogP) is 4.18. The molecule has 1 saturated carbocycles. The van der Waals surface area contributed by atoms with E-state index in [1.807, 2.05) is 13.0 Å². The van der Waals surface area contributed by atoms with Crippen molar-refractivity contribution in [2.45, 2.75) is 25.7 Å². The quantitative estimate of drug-likeness (QED) is 0.639. The van der Waals surface area contributed by atoms with Crippen LogP contribution in [0.25, 0.3) is 0 Å². The summed E-state index contributed by atoms with van der Waals surface area (Å²) in [6.07, 6.45) is 2.53. The van der Waals surface area contributed by atoms with Gasteiger partial charge in [-0.15, -0.1) is 0 Å². The van der Waals surface area contributed by atoms with Gasteiger partial charge in [0, 0.05) is 0 Å². The Hall–Kier alpha value is -0.200. The van der Waals surface area contributed by atoms with Crippen LogP contribution in [-0.4, -0.2) is 0 Å². The Balaban J connectivity index is 2.49. The van der Waals surface area contributed by atoms with Crippen molar-refractivity contribution in [3.8, 4) is 0 Å². The van der Waals surface area contributed by atoms with Crippen LogP contribution in [0.15, 0.2) is 12.1 Å². The lowest BCUT2D eigenvalue weighted by atomic mass is 10.1. The molecule has 64 valence electrons. The summed E-state index contributed by atoms with van der Waals surface area (Å²) in [5.74, 6) is 0.676. The van der Waals surface area contributed by atoms with Crippen LogP contribution >= 0.6 is 23.2 Å². The third-order valence-corrected chi connectivity index (χ3v) is 3.31. The third-order valence-electron chi connectivity index (χ3n) is 2.32. The van der Waals surface area contributed by atoms with Crippen molar-refractivity contribution >= 4 is 23.2 Å². The minimum absolute atomic E-state index is 0.676. The number of halogens is 2. The van der Waals surface area contributed by atoms with Gasteiger partial charge in [-0.25, -0.2) is 0 Å². The van der Waals surface area contributed by atoms with Crippen LogP contribution in [0.2, 0.25) is 10.0 Å². The summed E-state index contributed by atoms with van der Waals surface area (Å²) < 4.78 is 0. The van der Waals surface area contributed by atoms with E-state index < -0.39 is 0 Å². The fourth-order valence-electron chi connectivity index (χ4n) is 1.37. The van der Waals surface area contributed by atoms with E-state index in [1.54, 1.807) is 0 Å². The Bertz CT molecular complexity index is 314. The molecule has 0 atom stereocenters. The minimum Gasteiger partial charge on any atom is -0.0824 e. The molecule has 1 fully saturated rings. The molecular weight excluding hydrogens is 191 g/mol. The number of hydrogen-bond acceptors (Lipinski definition) is 0. The summed E-state index contributed by atoms with van der Waals surface area (Å²) in [5, 5.41) is 1.49. The number of rotatable bonds is 1. The van der Waals surface area contributed by atoms with Crippen LogP contribution < -0.4 is 0 Å². The van der Waals surface area contributed by atoms with Gasteiger partial charge in [-0.05, 0) is 36.8 Å². The van der Waals surface area contributed by atoms with Gasteiger partial charge in [0.2, 0.25) is 0 Å². The van der Waals surface area contributed by atoms with Crippen molar-refractivity contribution in [2.24, 2.45) is 0 Å². The van der Waals surface area contributed by atoms with E-state index in [9.17, 15) is 0 Å². The summed E-state index contributed by atoms with van der Waals surface area (Å²) in [7, 11) is 0. The molecule has 0 aromatic heterocycles. The summed E-state index contributed by atoms with van der Waals surface area (Å²) in [4.78, 5) is 0. The highest BCUT2D eigenvalue weighted by Crippen LogP contribution is 2.45. The fraction of sp³-hybridized carbons (Fsp3) is 0.400. The van der Waals surface area contributed by atoms with Gasteiger partial charge in [-0.2, -0.15) is 0 Å². The molecular formula is C10H10Cl2. The molecule has 0 heterocycles. The lowest BCUT2D eigenvalue weighted by Crippen LogP contribution is -1.84. The topological polar surface area (TPSA) is 0 Å². The number of aryl methyl sites for hydroxylation is 1. The zero-order valence-corrected chi connectivity index (χ0v) is 8.41. The normalized spacial score (nSPS) is 16.6. The Kier molecular flexibility index (Phi) is 2.05. The van der Waals surface area contributed by atoms with Gasteiger partial charge < -0.3 is 0 Å². The SMILES string of the molecule is Cc1ccc(C2CC2)c(Cl)c1Cl. The van der Waals surface area contributed by atoms with Crippen molar-refractivity contribution in [3.05, 3.63) is 33.3 Å². The molecule has 1 aliphatic carbocycles. The predicted molar refractivity (Wildman–Crippen MR) is 53.2 cm³/mol. The minimum atomic E-state index is 0.676. The Labute approximate surface area is 82.5 Å². The van der Waals surface area contributed by atoms with Crippen molar-refractivity contribution in [2.75, 3.05) is 0 Å². The van der Waals surface area contributed by atoms with Crippen LogP contribution in [0.3, 0.4) is 0 Å². The van der Waals surface area contributed by atoms with Crippen molar-refractivity contribution in [3.63, 3.8) is 0 Å². The van der Waals surface area contributed by atoms with Crippen molar-refractivity contribution in [1.82, 2.24) is 0 Å². The molecule has 0 spiro atoms. The first-order chi connectivity index (χ1) is 5.70. The fourth-order valence-corrected chi connectivity index (χ4v) is 1.91. The maximum atomic E-state index is 6.10. The molecule has 12 heavy (non-hydrogen) atoms. The maximum Gasteiger partial charge on any atom is 0.0629 e. The number of hydrogen-bond donors (Lipinski definition) is 0. The van der Waals surface area contributed by atoms with Gasteiger partial charge in [0.05, 0.1) is 10.0 Å². The standard InChI is InChI=1S/C10H10Cl2/c1-6-2-5-8(7-3-4-7)10(12)9(6)11/h2,5,7H,3-4H2,1H3. The second-order valence-electron chi connectivity index (χ2n) is 3.37. The Morgan fingerprint density at radius 2 is 1.83 bits per heavy atom. The second-order valence-corrected chi connectivity index (χ2v) is 4.13. The zero-order chi connectivity index (χ0) is 8.72. The molecule has 0 bridgehead atoms. The van der Waals surface area contributed by atoms with E-state index >= 15 is 0 Å². The van der Waals surface area contributed by atoms with Crippen LogP contribution in [-0.2, 0) is 0 Å². The molecule has 2 rings (SSSR count). The van der Waals surface area contributed by atoms with Gasteiger partial charge in [-0.1, -0.05) is 35.3 Å². The second kappa shape index (κ2) is 2.93. The van der Waals surface area contributed by atoms with Crippen molar-refractivity contribution < 1.29 is 0 Å². The molecule has 0 saturated heterocycles. The average molecular weight is 201 g/mol. The van der Waals surface area contributed by atoms with E-state index in [4.69, 9.17) is 23.2 Å². The molecule has 0 nitrogen and oxygen atoms in total. The zero-order valence-electron chi connectivity index (χ0n) is 6.90. The van der Waals surface area contributed by atoms with Gasteiger partial charge in [-0.3, -0.25) is 0 Å². The molecule has 1 aromatic carbocycles. The van der Waals surface area contributed by atoms with E-state index in [0.29, 0.717) is 5.92 Å². The third kappa shape index (κ3) is 1.34. The van der Waals surface area contributed by atoms with Crippen LogP contribution in [0, 0.1) is 6.92 Å². The molecule has 0 radical (unpaired) electrons. The summed E-state index contributed by atoms with van der Waals surface area (Å²) >= 11 is 12.1. The van der Waals surface area contributed by atoms with E-state index in [1.165, 1.54) is 18.4 Å². The lowest BCUT2D eigenvalue weighted by molar-refractivity contribution is 1.13. The molecule has 0 amide bonds. The molecule has 1 aromatic rings. The first-order valence-corrected chi connectivity index (χ1v) is 4.90. The summed E-state index contributed by atoms with van der Waals surface area (Å²) in [6.45, 7) is 1.98. The summed E-state index contributed by atoms with van der Waals surface area (Å²) in [6, 6.07) is 4.14. The van der Waals surface area contributed by atoms with Gasteiger partial charge in [0.15, 0.2) is 0 Å². The Morgan fingerprint density at radius 3 is 2.42 bits per heavy atom. The molecule has 1 aliphatic rings. The van der Waals surface area contributed by atoms with Crippen molar-refractivity contribution in [1.29, 1.82) is 0 Å². The number of benzene rings is 1. The highest BCUT2D eigenvalue weighted by atomic mass is 35.5. The van der Waals surface area contributed by atoms with Crippen LogP contribution in [0.4, 0.5) is 0 Å². The molecule has 2 heteroatoms. The van der Waals surface area contributed by atoms with Gasteiger partial charge in [0.1, 0.15) is 0 Å². The van der Waals surface area contributed by atoms with E-state index in [-0.39, 0.29) is 0 Å². The first kappa shape index (κ1) is 8.40. The van der Waals surface area contributed by atoms with E-state index in [2.05, 4.69) is 6.07 Å². The average Bonchev–Trinajstić information content (AvgIpc) is 2.84. The summed E-state index contributed by atoms with van der Waals surface area (Å²) in [5.41, 5.74) is 2.29. The highest BCUT2D eigenvalue weighted by molar-refractivity contribution is 6.43. The van der Waals surface area contributed by atoms with Gasteiger partial charge in [0.25, 0.3) is 0 Å². The monoisotopic (exact) mass is 200 g/mol. The molecule has 0 aliphatic heterocycles. The molecule has 0 unspecified atom stereocenters. The maximum absolute atomic E-state index is 6.10.